The molecule has 0 amide bonds. The minimum Gasteiger partial charge on any atom is -0.324 e. The monoisotopic (exact) mass is 323 g/mol. The van der Waals surface area contributed by atoms with E-state index in [2.05, 4.69) is 35.0 Å². The number of hydrogen-bond donors (Lipinski definition) is 1. The Morgan fingerprint density at radius 2 is 1.94 bits per heavy atom. The zero-order valence-electron chi connectivity index (χ0n) is 10.2. The Kier molecular flexibility index (Phi) is 4.44. The molecule has 18 heavy (non-hydrogen) atoms. The summed E-state index contributed by atoms with van der Waals surface area (Å²) in [6.07, 6.45) is 0.752. The van der Waals surface area contributed by atoms with Crippen LogP contribution in [0.2, 0.25) is 5.02 Å². The van der Waals surface area contributed by atoms with Gasteiger partial charge in [-0.05, 0) is 48.2 Å². The van der Waals surface area contributed by atoms with Crippen molar-refractivity contribution in [1.82, 2.24) is 0 Å². The quantitative estimate of drug-likeness (QED) is 0.873. The lowest BCUT2D eigenvalue weighted by Crippen LogP contribution is -2.14. The van der Waals surface area contributed by atoms with Crippen LogP contribution in [0, 0.1) is 6.92 Å². The van der Waals surface area contributed by atoms with E-state index in [1.807, 2.05) is 30.3 Å². The molecule has 1 nitrogen and oxygen atoms in total. The van der Waals surface area contributed by atoms with Crippen molar-refractivity contribution in [2.24, 2.45) is 5.73 Å². The fourth-order valence-electron chi connectivity index (χ4n) is 2.07. The standard InChI is InChI=1S/C15H15BrClN/c1-10-8-12(16)6-7-13(10)15(18)9-11-4-2-3-5-14(11)17/h2-8,15H,9,18H2,1H3. The van der Waals surface area contributed by atoms with Gasteiger partial charge in [0.05, 0.1) is 0 Å². The van der Waals surface area contributed by atoms with Gasteiger partial charge < -0.3 is 5.73 Å². The van der Waals surface area contributed by atoms with Crippen LogP contribution in [0.4, 0.5) is 0 Å². The Hall–Kier alpha value is -0.830. The predicted molar refractivity (Wildman–Crippen MR) is 81.0 cm³/mol. The molecule has 0 aliphatic rings. The molecule has 0 heterocycles. The Balaban J connectivity index is 2.22. The first-order valence-electron chi connectivity index (χ1n) is 5.83. The molecule has 3 heteroatoms. The van der Waals surface area contributed by atoms with Crippen LogP contribution in [0.1, 0.15) is 22.7 Å². The number of benzene rings is 2. The molecule has 0 saturated heterocycles. The highest BCUT2D eigenvalue weighted by molar-refractivity contribution is 9.10. The van der Waals surface area contributed by atoms with Crippen molar-refractivity contribution in [2.75, 3.05) is 0 Å². The normalized spacial score (nSPS) is 12.4. The third kappa shape index (κ3) is 3.14. The van der Waals surface area contributed by atoms with Gasteiger partial charge in [-0.25, -0.2) is 0 Å². The van der Waals surface area contributed by atoms with Crippen molar-refractivity contribution in [3.8, 4) is 0 Å². The number of halogens is 2. The lowest BCUT2D eigenvalue weighted by Gasteiger charge is -2.16. The van der Waals surface area contributed by atoms with E-state index in [1.54, 1.807) is 0 Å². The molecule has 0 bridgehead atoms. The van der Waals surface area contributed by atoms with Gasteiger partial charge in [0.15, 0.2) is 0 Å². The number of hydrogen-bond acceptors (Lipinski definition) is 1. The van der Waals surface area contributed by atoms with Gasteiger partial charge in [0.25, 0.3) is 0 Å². The van der Waals surface area contributed by atoms with E-state index in [4.69, 9.17) is 17.3 Å². The van der Waals surface area contributed by atoms with E-state index < -0.39 is 0 Å². The van der Waals surface area contributed by atoms with E-state index in [9.17, 15) is 0 Å². The molecule has 2 aromatic rings. The number of nitrogens with two attached hydrogens (primary N) is 1. The Labute approximate surface area is 121 Å². The SMILES string of the molecule is Cc1cc(Br)ccc1C(N)Cc1ccccc1Cl. The van der Waals surface area contributed by atoms with Crippen LogP contribution in [-0.4, -0.2) is 0 Å². The molecule has 0 aliphatic heterocycles. The highest BCUT2D eigenvalue weighted by atomic mass is 79.9. The van der Waals surface area contributed by atoms with Gasteiger partial charge in [-0.2, -0.15) is 0 Å². The van der Waals surface area contributed by atoms with Gasteiger partial charge in [-0.1, -0.05) is 51.8 Å². The van der Waals surface area contributed by atoms with Crippen LogP contribution < -0.4 is 5.73 Å². The summed E-state index contributed by atoms with van der Waals surface area (Å²) in [5.74, 6) is 0. The fraction of sp³-hybridized carbons (Fsp3) is 0.200. The number of rotatable bonds is 3. The van der Waals surface area contributed by atoms with Gasteiger partial charge in [-0.15, -0.1) is 0 Å². The summed E-state index contributed by atoms with van der Waals surface area (Å²) >= 11 is 9.62. The zero-order valence-corrected chi connectivity index (χ0v) is 12.5. The lowest BCUT2D eigenvalue weighted by molar-refractivity contribution is 0.716. The molecule has 0 saturated carbocycles. The van der Waals surface area contributed by atoms with Crippen molar-refractivity contribution in [1.29, 1.82) is 0 Å². The Bertz CT molecular complexity index is 554. The van der Waals surface area contributed by atoms with Gasteiger partial charge >= 0.3 is 0 Å². The smallest absolute Gasteiger partial charge is 0.0438 e. The first-order chi connectivity index (χ1) is 8.58. The average molecular weight is 325 g/mol. The van der Waals surface area contributed by atoms with Crippen LogP contribution in [-0.2, 0) is 6.42 Å². The van der Waals surface area contributed by atoms with Gasteiger partial charge in [0, 0.05) is 15.5 Å². The Morgan fingerprint density at radius 3 is 2.61 bits per heavy atom. The van der Waals surface area contributed by atoms with E-state index in [1.165, 1.54) is 5.56 Å². The average Bonchev–Trinajstić information content (AvgIpc) is 2.32. The molecule has 0 spiro atoms. The number of aryl methyl sites for hydroxylation is 1. The first-order valence-corrected chi connectivity index (χ1v) is 7.00. The first kappa shape index (κ1) is 13.6. The van der Waals surface area contributed by atoms with E-state index >= 15 is 0 Å². The van der Waals surface area contributed by atoms with Crippen molar-refractivity contribution in [3.63, 3.8) is 0 Å². The lowest BCUT2D eigenvalue weighted by atomic mass is 9.96. The fourth-order valence-corrected chi connectivity index (χ4v) is 2.75. The van der Waals surface area contributed by atoms with Crippen LogP contribution >= 0.6 is 27.5 Å². The van der Waals surface area contributed by atoms with Crippen LogP contribution in [0.5, 0.6) is 0 Å². The molecule has 94 valence electrons. The van der Waals surface area contributed by atoms with Crippen molar-refractivity contribution in [3.05, 3.63) is 68.7 Å². The molecular formula is C15H15BrClN. The summed E-state index contributed by atoms with van der Waals surface area (Å²) in [5.41, 5.74) is 9.73. The third-order valence-corrected chi connectivity index (χ3v) is 3.89. The van der Waals surface area contributed by atoms with Gasteiger partial charge in [0.1, 0.15) is 0 Å². The van der Waals surface area contributed by atoms with Crippen LogP contribution in [0.15, 0.2) is 46.9 Å². The second-order valence-corrected chi connectivity index (χ2v) is 5.73. The van der Waals surface area contributed by atoms with E-state index in [0.29, 0.717) is 0 Å². The summed E-state index contributed by atoms with van der Waals surface area (Å²) in [6.45, 7) is 2.08. The highest BCUT2D eigenvalue weighted by Gasteiger charge is 2.11. The van der Waals surface area contributed by atoms with Gasteiger partial charge in [0.2, 0.25) is 0 Å². The summed E-state index contributed by atoms with van der Waals surface area (Å²) in [4.78, 5) is 0. The summed E-state index contributed by atoms with van der Waals surface area (Å²) in [7, 11) is 0. The molecule has 0 fully saturated rings. The molecule has 0 aromatic heterocycles. The van der Waals surface area contributed by atoms with Crippen molar-refractivity contribution in [2.45, 2.75) is 19.4 Å². The predicted octanol–water partition coefficient (Wildman–Crippen LogP) is 4.65. The summed E-state index contributed by atoms with van der Waals surface area (Å²) in [5, 5.41) is 0.780. The van der Waals surface area contributed by atoms with Crippen LogP contribution in [0.25, 0.3) is 0 Å². The largest absolute Gasteiger partial charge is 0.324 e. The highest BCUT2D eigenvalue weighted by Crippen LogP contribution is 2.25. The van der Waals surface area contributed by atoms with E-state index in [0.717, 1.165) is 27.0 Å². The third-order valence-electron chi connectivity index (χ3n) is 3.03. The maximum Gasteiger partial charge on any atom is 0.0438 e. The van der Waals surface area contributed by atoms with Crippen molar-refractivity contribution >= 4 is 27.5 Å². The van der Waals surface area contributed by atoms with Gasteiger partial charge in [-0.3, -0.25) is 0 Å². The minimum atomic E-state index is -0.0296. The second kappa shape index (κ2) is 5.87. The molecule has 2 N–H and O–H groups in total. The van der Waals surface area contributed by atoms with Crippen molar-refractivity contribution < 1.29 is 0 Å². The maximum absolute atomic E-state index is 6.27. The Morgan fingerprint density at radius 1 is 1.22 bits per heavy atom. The molecule has 2 rings (SSSR count). The van der Waals surface area contributed by atoms with Crippen LogP contribution in [0.3, 0.4) is 0 Å². The molecule has 1 unspecified atom stereocenters. The zero-order chi connectivity index (χ0) is 13.1. The summed E-state index contributed by atoms with van der Waals surface area (Å²) in [6, 6.07) is 14.0. The molecule has 0 radical (unpaired) electrons. The van der Waals surface area contributed by atoms with E-state index in [-0.39, 0.29) is 6.04 Å². The molecule has 2 aromatic carbocycles. The summed E-state index contributed by atoms with van der Waals surface area (Å²) < 4.78 is 1.08. The topological polar surface area (TPSA) is 26.0 Å². The minimum absolute atomic E-state index is 0.0296. The maximum atomic E-state index is 6.27. The molecule has 1 atom stereocenters. The molecular weight excluding hydrogens is 310 g/mol. The second-order valence-electron chi connectivity index (χ2n) is 4.40. The molecule has 0 aliphatic carbocycles.